The number of benzene rings is 1. The van der Waals surface area contributed by atoms with E-state index in [0.717, 1.165) is 4.90 Å². The average molecular weight is 378 g/mol. The molecule has 3 heterocycles. The maximum absolute atomic E-state index is 13.4. The molecule has 4 rings (SSSR count). The molecule has 9 heteroatoms. The fraction of sp³-hybridized carbons (Fsp3) is 0.278. The molecule has 0 N–H and O–H groups in total. The highest BCUT2D eigenvalue weighted by Crippen LogP contribution is 2.36. The first kappa shape index (κ1) is 17.4. The van der Waals surface area contributed by atoms with Gasteiger partial charge in [-0.15, -0.1) is 5.10 Å². The summed E-state index contributed by atoms with van der Waals surface area (Å²) in [6.45, 7) is 0.0312. The van der Waals surface area contributed by atoms with E-state index in [-0.39, 0.29) is 12.4 Å². The van der Waals surface area contributed by atoms with Crippen LogP contribution in [0.1, 0.15) is 24.6 Å². The molecule has 2 aromatic heterocycles. The summed E-state index contributed by atoms with van der Waals surface area (Å²) in [5.41, 5.74) is 2.18. The number of hydrogen-bond acceptors (Lipinski definition) is 3. The molecule has 140 valence electrons. The van der Waals surface area contributed by atoms with E-state index >= 15 is 0 Å². The monoisotopic (exact) mass is 378 g/mol. The van der Waals surface area contributed by atoms with Gasteiger partial charge in [0.25, 0.3) is 0 Å². The summed E-state index contributed by atoms with van der Waals surface area (Å²) in [6, 6.07) is 8.66. The molecule has 27 heavy (non-hydrogen) atoms. The second-order valence-electron chi connectivity index (χ2n) is 6.39. The summed E-state index contributed by atoms with van der Waals surface area (Å²) in [5.74, 6) is -2.23. The molecule has 3 aromatic rings. The van der Waals surface area contributed by atoms with Crippen LogP contribution in [0, 0.1) is 5.82 Å². The van der Waals surface area contributed by atoms with E-state index in [1.807, 2.05) is 0 Å². The number of halogens is 4. The molecule has 1 amide bonds. The highest BCUT2D eigenvalue weighted by atomic mass is 19.4. The Bertz CT molecular complexity index is 1010. The van der Waals surface area contributed by atoms with Gasteiger partial charge in [0.2, 0.25) is 0 Å². The van der Waals surface area contributed by atoms with Crippen LogP contribution in [0.5, 0.6) is 0 Å². The number of alkyl halides is 3. The Kier molecular flexibility index (Phi) is 4.09. The highest BCUT2D eigenvalue weighted by Gasteiger charge is 2.47. The fourth-order valence-corrected chi connectivity index (χ4v) is 3.45. The molecule has 1 saturated heterocycles. The average Bonchev–Trinajstić information content (AvgIpc) is 3.26. The number of fused-ring (bicyclic) bond motifs is 1. The van der Waals surface area contributed by atoms with E-state index in [1.54, 1.807) is 30.5 Å². The minimum absolute atomic E-state index is 0.0312. The molecular formula is C18H14F4N4O. The number of carbonyl (C=O) groups excluding carboxylic acids is 1. The number of hydrogen-bond donors (Lipinski definition) is 0. The fourth-order valence-electron chi connectivity index (χ4n) is 3.45. The Balaban J connectivity index is 1.70. The SMILES string of the molecule is O=C(N1CCCC1c1nnn2cc(-c3cccc(F)c3)ccc12)C(F)(F)F. The van der Waals surface area contributed by atoms with Crippen molar-refractivity contribution in [3.8, 4) is 11.1 Å². The van der Waals surface area contributed by atoms with Crippen molar-refractivity contribution in [2.45, 2.75) is 25.1 Å². The van der Waals surface area contributed by atoms with E-state index in [9.17, 15) is 22.4 Å². The van der Waals surface area contributed by atoms with Gasteiger partial charge in [-0.1, -0.05) is 23.4 Å². The van der Waals surface area contributed by atoms with Crippen LogP contribution in [0.2, 0.25) is 0 Å². The molecular weight excluding hydrogens is 364 g/mol. The Hall–Kier alpha value is -2.97. The Morgan fingerprint density at radius 2 is 1.96 bits per heavy atom. The van der Waals surface area contributed by atoms with Crippen LogP contribution in [0.25, 0.3) is 16.6 Å². The van der Waals surface area contributed by atoms with Gasteiger partial charge in [-0.05, 0) is 36.6 Å². The lowest BCUT2D eigenvalue weighted by Crippen LogP contribution is -2.40. The minimum atomic E-state index is -4.92. The van der Waals surface area contributed by atoms with Crippen molar-refractivity contribution < 1.29 is 22.4 Å². The van der Waals surface area contributed by atoms with Crippen LogP contribution in [-0.2, 0) is 4.79 Å². The van der Waals surface area contributed by atoms with Crippen molar-refractivity contribution >= 4 is 11.4 Å². The Morgan fingerprint density at radius 3 is 2.70 bits per heavy atom. The molecule has 1 fully saturated rings. The van der Waals surface area contributed by atoms with E-state index in [2.05, 4.69) is 10.3 Å². The number of amides is 1. The largest absolute Gasteiger partial charge is 0.471 e. The topological polar surface area (TPSA) is 50.5 Å². The van der Waals surface area contributed by atoms with Crippen molar-refractivity contribution in [3.05, 3.63) is 54.1 Å². The third kappa shape index (κ3) is 3.13. The molecule has 0 spiro atoms. The molecule has 1 aliphatic heterocycles. The van der Waals surface area contributed by atoms with Crippen LogP contribution in [0.3, 0.4) is 0 Å². The van der Waals surface area contributed by atoms with Gasteiger partial charge in [-0.2, -0.15) is 13.2 Å². The van der Waals surface area contributed by atoms with Gasteiger partial charge >= 0.3 is 12.1 Å². The van der Waals surface area contributed by atoms with Crippen LogP contribution in [0.15, 0.2) is 42.6 Å². The van der Waals surface area contributed by atoms with Crippen LogP contribution < -0.4 is 0 Å². The zero-order valence-corrected chi connectivity index (χ0v) is 13.9. The highest BCUT2D eigenvalue weighted by molar-refractivity contribution is 5.83. The van der Waals surface area contributed by atoms with Crippen LogP contribution in [-0.4, -0.2) is 38.4 Å². The molecule has 0 aliphatic carbocycles. The smallest absolute Gasteiger partial charge is 0.326 e. The number of pyridine rings is 1. The van der Waals surface area contributed by atoms with Gasteiger partial charge in [-0.25, -0.2) is 8.91 Å². The first-order chi connectivity index (χ1) is 12.8. The van der Waals surface area contributed by atoms with Gasteiger partial charge in [0, 0.05) is 18.3 Å². The second-order valence-corrected chi connectivity index (χ2v) is 6.39. The molecule has 5 nitrogen and oxygen atoms in total. The summed E-state index contributed by atoms with van der Waals surface area (Å²) in [5, 5.41) is 8.00. The number of nitrogens with zero attached hydrogens (tertiary/aromatic N) is 4. The van der Waals surface area contributed by atoms with Gasteiger partial charge < -0.3 is 4.90 Å². The van der Waals surface area contributed by atoms with Crippen LogP contribution >= 0.6 is 0 Å². The van der Waals surface area contributed by atoms with Gasteiger partial charge in [0.05, 0.1) is 11.6 Å². The van der Waals surface area contributed by atoms with Crippen LogP contribution in [0.4, 0.5) is 17.6 Å². The lowest BCUT2D eigenvalue weighted by atomic mass is 10.1. The van der Waals surface area contributed by atoms with Crippen molar-refractivity contribution in [3.63, 3.8) is 0 Å². The summed E-state index contributed by atoms with van der Waals surface area (Å²) in [6.07, 6.45) is -2.43. The molecule has 1 atom stereocenters. The number of carbonyl (C=O) groups is 1. The van der Waals surface area contributed by atoms with Gasteiger partial charge in [-0.3, -0.25) is 4.79 Å². The second kappa shape index (κ2) is 6.33. The van der Waals surface area contributed by atoms with E-state index in [4.69, 9.17) is 0 Å². The maximum atomic E-state index is 13.4. The summed E-state index contributed by atoms with van der Waals surface area (Å²) >= 11 is 0. The first-order valence-corrected chi connectivity index (χ1v) is 8.33. The summed E-state index contributed by atoms with van der Waals surface area (Å²) < 4.78 is 53.4. The molecule has 1 unspecified atom stereocenters. The standard InChI is InChI=1S/C18H14F4N4O/c19-13-4-1-3-11(9-13)12-6-7-15-16(23-24-26(15)10-12)14-5-2-8-25(14)17(27)18(20,21)22/h1,3-4,6-7,9-10,14H,2,5,8H2. The zero-order chi connectivity index (χ0) is 19.2. The number of aromatic nitrogens is 3. The van der Waals surface area contributed by atoms with Gasteiger partial charge in [0.1, 0.15) is 11.5 Å². The predicted octanol–water partition coefficient (Wildman–Crippen LogP) is 3.76. The van der Waals surface area contributed by atoms with E-state index in [0.29, 0.717) is 35.2 Å². The maximum Gasteiger partial charge on any atom is 0.471 e. The normalized spacial score (nSPS) is 17.6. The predicted molar refractivity (Wildman–Crippen MR) is 88.1 cm³/mol. The van der Waals surface area contributed by atoms with E-state index < -0.39 is 18.1 Å². The zero-order valence-electron chi connectivity index (χ0n) is 13.9. The van der Waals surface area contributed by atoms with E-state index in [1.165, 1.54) is 16.6 Å². The molecule has 0 bridgehead atoms. The van der Waals surface area contributed by atoms with Gasteiger partial charge in [0.15, 0.2) is 0 Å². The first-order valence-electron chi connectivity index (χ1n) is 8.33. The summed E-state index contributed by atoms with van der Waals surface area (Å²) in [7, 11) is 0. The number of likely N-dealkylation sites (tertiary alicyclic amines) is 1. The molecule has 0 saturated carbocycles. The van der Waals surface area contributed by atoms with Crippen molar-refractivity contribution in [1.82, 2.24) is 19.7 Å². The lowest BCUT2D eigenvalue weighted by molar-refractivity contribution is -0.186. The quantitative estimate of drug-likeness (QED) is 0.638. The Morgan fingerprint density at radius 1 is 1.15 bits per heavy atom. The molecule has 1 aromatic carbocycles. The third-order valence-corrected chi connectivity index (χ3v) is 4.67. The molecule has 0 radical (unpaired) electrons. The van der Waals surface area contributed by atoms with Crippen molar-refractivity contribution in [1.29, 1.82) is 0 Å². The minimum Gasteiger partial charge on any atom is -0.326 e. The summed E-state index contributed by atoms with van der Waals surface area (Å²) in [4.78, 5) is 12.5. The third-order valence-electron chi connectivity index (χ3n) is 4.67. The lowest BCUT2D eigenvalue weighted by Gasteiger charge is -2.24. The number of rotatable bonds is 2. The van der Waals surface area contributed by atoms with Crippen molar-refractivity contribution in [2.24, 2.45) is 0 Å². The van der Waals surface area contributed by atoms with Crippen molar-refractivity contribution in [2.75, 3.05) is 6.54 Å². The molecule has 1 aliphatic rings. The Labute approximate surface area is 151 Å².